The monoisotopic (exact) mass is 268 g/mol. The Morgan fingerprint density at radius 1 is 1.05 bits per heavy atom. The normalized spacial score (nSPS) is 16.2. The summed E-state index contributed by atoms with van der Waals surface area (Å²) in [5.74, 6) is 0.270. The molecule has 0 aromatic carbocycles. The molecule has 2 amide bonds. The summed E-state index contributed by atoms with van der Waals surface area (Å²) < 4.78 is 0. The van der Waals surface area contributed by atoms with E-state index in [2.05, 4.69) is 0 Å². The molecule has 1 fully saturated rings. The number of nitrogens with zero attached hydrogens (tertiary/aromatic N) is 2. The van der Waals surface area contributed by atoms with Crippen LogP contribution in [0, 0.1) is 0 Å². The summed E-state index contributed by atoms with van der Waals surface area (Å²) in [7, 11) is 0. The van der Waals surface area contributed by atoms with Crippen LogP contribution in [0.15, 0.2) is 0 Å². The van der Waals surface area contributed by atoms with Crippen LogP contribution in [-0.4, -0.2) is 47.3 Å². The van der Waals surface area contributed by atoms with Gasteiger partial charge >= 0.3 is 0 Å². The zero-order valence-electron chi connectivity index (χ0n) is 12.7. The maximum atomic E-state index is 12.0. The molecule has 19 heavy (non-hydrogen) atoms. The van der Waals surface area contributed by atoms with E-state index in [4.69, 9.17) is 0 Å². The van der Waals surface area contributed by atoms with Crippen molar-refractivity contribution in [1.29, 1.82) is 0 Å². The number of carbonyl (C=O) groups is 2. The maximum Gasteiger partial charge on any atom is 0.224 e. The molecule has 1 rings (SSSR count). The van der Waals surface area contributed by atoms with Crippen molar-refractivity contribution >= 4 is 11.8 Å². The molecule has 0 atom stereocenters. The van der Waals surface area contributed by atoms with E-state index in [0.29, 0.717) is 19.0 Å². The van der Waals surface area contributed by atoms with Crippen molar-refractivity contribution in [2.24, 2.45) is 0 Å². The molecular weight excluding hydrogens is 240 g/mol. The molecular formula is C15H28N2O2. The van der Waals surface area contributed by atoms with Gasteiger partial charge in [0, 0.05) is 39.0 Å². The molecule has 4 heteroatoms. The van der Waals surface area contributed by atoms with Gasteiger partial charge in [-0.25, -0.2) is 0 Å². The van der Waals surface area contributed by atoms with E-state index in [-0.39, 0.29) is 11.8 Å². The van der Waals surface area contributed by atoms with Gasteiger partial charge in [-0.15, -0.1) is 0 Å². The summed E-state index contributed by atoms with van der Waals surface area (Å²) in [6.45, 7) is 7.68. The third-order valence-corrected chi connectivity index (χ3v) is 4.10. The van der Waals surface area contributed by atoms with Crippen LogP contribution in [0.25, 0.3) is 0 Å². The maximum absolute atomic E-state index is 12.0. The van der Waals surface area contributed by atoms with Gasteiger partial charge in [0.25, 0.3) is 0 Å². The smallest absolute Gasteiger partial charge is 0.224 e. The second kappa shape index (κ2) is 8.18. The molecule has 0 saturated heterocycles. The average Bonchev–Trinajstić information content (AvgIpc) is 2.41. The van der Waals surface area contributed by atoms with Crippen LogP contribution in [0.3, 0.4) is 0 Å². The fourth-order valence-electron chi connectivity index (χ4n) is 2.94. The van der Waals surface area contributed by atoms with Gasteiger partial charge in [0.05, 0.1) is 0 Å². The third kappa shape index (κ3) is 4.84. The van der Waals surface area contributed by atoms with Gasteiger partial charge in [-0.1, -0.05) is 19.3 Å². The van der Waals surface area contributed by atoms with Gasteiger partial charge in [0.1, 0.15) is 0 Å². The number of rotatable bonds is 6. The van der Waals surface area contributed by atoms with Gasteiger partial charge in [0.15, 0.2) is 0 Å². The molecule has 1 aliphatic rings. The fraction of sp³-hybridized carbons (Fsp3) is 0.867. The predicted octanol–water partition coefficient (Wildman–Crippen LogP) is 2.43. The first-order valence-corrected chi connectivity index (χ1v) is 7.65. The van der Waals surface area contributed by atoms with E-state index >= 15 is 0 Å². The minimum Gasteiger partial charge on any atom is -0.343 e. The van der Waals surface area contributed by atoms with Crippen LogP contribution in [0.4, 0.5) is 0 Å². The van der Waals surface area contributed by atoms with Crippen LogP contribution >= 0.6 is 0 Å². The lowest BCUT2D eigenvalue weighted by atomic mass is 9.94. The highest BCUT2D eigenvalue weighted by atomic mass is 16.2. The summed E-state index contributed by atoms with van der Waals surface area (Å²) in [5, 5.41) is 0. The lowest BCUT2D eigenvalue weighted by Crippen LogP contribution is -2.42. The first-order valence-electron chi connectivity index (χ1n) is 7.65. The van der Waals surface area contributed by atoms with Crippen LogP contribution < -0.4 is 0 Å². The van der Waals surface area contributed by atoms with Crippen LogP contribution in [0.1, 0.15) is 59.3 Å². The Morgan fingerprint density at radius 3 is 2.11 bits per heavy atom. The van der Waals surface area contributed by atoms with Crippen molar-refractivity contribution < 1.29 is 9.59 Å². The van der Waals surface area contributed by atoms with Crippen molar-refractivity contribution in [3.8, 4) is 0 Å². The van der Waals surface area contributed by atoms with E-state index in [1.807, 2.05) is 23.6 Å². The molecule has 0 bridgehead atoms. The van der Waals surface area contributed by atoms with Crippen molar-refractivity contribution in [1.82, 2.24) is 9.80 Å². The Labute approximate surface area is 117 Å². The van der Waals surface area contributed by atoms with Crippen molar-refractivity contribution in [2.75, 3.05) is 19.6 Å². The van der Waals surface area contributed by atoms with Crippen LogP contribution in [0.5, 0.6) is 0 Å². The molecule has 1 saturated carbocycles. The quantitative estimate of drug-likeness (QED) is 0.742. The lowest BCUT2D eigenvalue weighted by Gasteiger charge is -2.34. The Hall–Kier alpha value is -1.06. The molecule has 0 unspecified atom stereocenters. The Morgan fingerprint density at radius 2 is 1.63 bits per heavy atom. The zero-order valence-corrected chi connectivity index (χ0v) is 12.7. The summed E-state index contributed by atoms with van der Waals surface area (Å²) in [4.78, 5) is 27.5. The molecule has 0 aliphatic heterocycles. The average molecular weight is 268 g/mol. The van der Waals surface area contributed by atoms with Crippen molar-refractivity contribution in [3.63, 3.8) is 0 Å². The number of carbonyl (C=O) groups excluding carboxylic acids is 2. The van der Waals surface area contributed by atoms with E-state index < -0.39 is 0 Å². The standard InChI is InChI=1S/C15H28N2O2/c1-4-16(5-2)15(19)11-12-17(13(3)18)14-9-7-6-8-10-14/h14H,4-12H2,1-3H3. The lowest BCUT2D eigenvalue weighted by molar-refractivity contribution is -0.135. The second-order valence-corrected chi connectivity index (χ2v) is 5.32. The molecule has 0 aromatic rings. The van der Waals surface area contributed by atoms with E-state index in [0.717, 1.165) is 25.9 Å². The summed E-state index contributed by atoms with van der Waals surface area (Å²) in [6.07, 6.45) is 6.34. The largest absolute Gasteiger partial charge is 0.343 e. The SMILES string of the molecule is CCN(CC)C(=O)CCN(C(C)=O)C1CCCCC1. The Balaban J connectivity index is 2.49. The van der Waals surface area contributed by atoms with E-state index in [1.54, 1.807) is 6.92 Å². The van der Waals surface area contributed by atoms with Crippen molar-refractivity contribution in [3.05, 3.63) is 0 Å². The molecule has 0 heterocycles. The first-order chi connectivity index (χ1) is 9.10. The third-order valence-electron chi connectivity index (χ3n) is 4.10. The Bertz CT molecular complexity index is 295. The Kier molecular flexibility index (Phi) is 6.89. The number of amides is 2. The molecule has 0 radical (unpaired) electrons. The first kappa shape index (κ1) is 16.0. The number of hydrogen-bond donors (Lipinski definition) is 0. The van der Waals surface area contributed by atoms with Gasteiger partial charge < -0.3 is 9.80 Å². The molecule has 0 aromatic heterocycles. The van der Waals surface area contributed by atoms with E-state index in [9.17, 15) is 9.59 Å². The van der Waals surface area contributed by atoms with Crippen molar-refractivity contribution in [2.45, 2.75) is 65.3 Å². The van der Waals surface area contributed by atoms with Gasteiger partial charge in [-0.2, -0.15) is 0 Å². The zero-order chi connectivity index (χ0) is 14.3. The number of hydrogen-bond acceptors (Lipinski definition) is 2. The summed E-state index contributed by atoms with van der Waals surface area (Å²) >= 11 is 0. The second-order valence-electron chi connectivity index (χ2n) is 5.32. The topological polar surface area (TPSA) is 40.6 Å². The fourth-order valence-corrected chi connectivity index (χ4v) is 2.94. The minimum atomic E-state index is 0.110. The highest BCUT2D eigenvalue weighted by molar-refractivity contribution is 5.78. The van der Waals surface area contributed by atoms with Gasteiger partial charge in [-0.05, 0) is 26.7 Å². The molecule has 4 nitrogen and oxygen atoms in total. The molecule has 110 valence electrons. The van der Waals surface area contributed by atoms with Crippen LogP contribution in [-0.2, 0) is 9.59 Å². The highest BCUT2D eigenvalue weighted by Gasteiger charge is 2.24. The molecule has 0 spiro atoms. The minimum absolute atomic E-state index is 0.110. The highest BCUT2D eigenvalue weighted by Crippen LogP contribution is 2.22. The van der Waals surface area contributed by atoms with Gasteiger partial charge in [-0.3, -0.25) is 9.59 Å². The molecule has 0 N–H and O–H groups in total. The van der Waals surface area contributed by atoms with Crippen LogP contribution in [0.2, 0.25) is 0 Å². The summed E-state index contributed by atoms with van der Waals surface area (Å²) in [6, 6.07) is 0.357. The van der Waals surface area contributed by atoms with E-state index in [1.165, 1.54) is 19.3 Å². The summed E-state index contributed by atoms with van der Waals surface area (Å²) in [5.41, 5.74) is 0. The van der Waals surface area contributed by atoms with Gasteiger partial charge in [0.2, 0.25) is 11.8 Å². The predicted molar refractivity (Wildman–Crippen MR) is 76.8 cm³/mol. The molecule has 1 aliphatic carbocycles.